The molecule has 0 aliphatic rings. The van der Waals surface area contributed by atoms with Gasteiger partial charge in [0.25, 0.3) is 0 Å². The van der Waals surface area contributed by atoms with Gasteiger partial charge in [0.2, 0.25) is 0 Å². The molecule has 4 rings (SSSR count). The third-order valence-corrected chi connectivity index (χ3v) is 4.01. The van der Waals surface area contributed by atoms with Crippen molar-refractivity contribution in [3.63, 3.8) is 0 Å². The standard InChI is InChI=1S/C19H17N5O2/c1-12-21-17(20)16-18(22-12)24(19(25)23-16)11-13-7-9-15(10-8-13)26-14-5-3-2-4-6-14/h2-10H,11H2,1H3,(H,23,25)(H2,20,21,22). The second-order valence-electron chi connectivity index (χ2n) is 5.93. The second kappa shape index (κ2) is 6.36. The maximum absolute atomic E-state index is 12.3. The summed E-state index contributed by atoms with van der Waals surface area (Å²) in [6.07, 6.45) is 0. The van der Waals surface area contributed by atoms with Gasteiger partial charge in [0.15, 0.2) is 11.5 Å². The van der Waals surface area contributed by atoms with Crippen molar-refractivity contribution in [1.29, 1.82) is 0 Å². The predicted molar refractivity (Wildman–Crippen MR) is 99.4 cm³/mol. The summed E-state index contributed by atoms with van der Waals surface area (Å²) in [6, 6.07) is 17.1. The number of nitrogens with zero attached hydrogens (tertiary/aromatic N) is 3. The molecular weight excluding hydrogens is 330 g/mol. The Bertz CT molecular complexity index is 1110. The third-order valence-electron chi connectivity index (χ3n) is 4.01. The largest absolute Gasteiger partial charge is 0.457 e. The van der Waals surface area contributed by atoms with Gasteiger partial charge in [-0.25, -0.2) is 14.8 Å². The van der Waals surface area contributed by atoms with Crippen molar-refractivity contribution in [3.05, 3.63) is 76.5 Å². The predicted octanol–water partition coefficient (Wildman–Crippen LogP) is 2.85. The Kier molecular flexibility index (Phi) is 3.89. The minimum absolute atomic E-state index is 0.267. The van der Waals surface area contributed by atoms with E-state index in [1.807, 2.05) is 54.6 Å². The lowest BCUT2D eigenvalue weighted by atomic mass is 10.2. The fraction of sp³-hybridized carbons (Fsp3) is 0.105. The molecule has 3 N–H and O–H groups in total. The zero-order valence-electron chi connectivity index (χ0n) is 14.1. The number of para-hydroxylation sites is 1. The number of anilines is 1. The van der Waals surface area contributed by atoms with Gasteiger partial charge in [0.05, 0.1) is 6.54 Å². The quantitative estimate of drug-likeness (QED) is 0.591. The number of hydrogen-bond donors (Lipinski definition) is 2. The molecule has 130 valence electrons. The number of imidazole rings is 1. The van der Waals surface area contributed by atoms with E-state index in [9.17, 15) is 4.79 Å². The number of H-pyrrole nitrogens is 1. The normalized spacial score (nSPS) is 11.0. The van der Waals surface area contributed by atoms with Gasteiger partial charge >= 0.3 is 5.69 Å². The highest BCUT2D eigenvalue weighted by Gasteiger charge is 2.13. The molecule has 2 aromatic carbocycles. The van der Waals surface area contributed by atoms with E-state index in [2.05, 4.69) is 15.0 Å². The zero-order valence-corrected chi connectivity index (χ0v) is 14.1. The van der Waals surface area contributed by atoms with Crippen LogP contribution < -0.4 is 16.2 Å². The van der Waals surface area contributed by atoms with Gasteiger partial charge in [0.1, 0.15) is 22.8 Å². The van der Waals surface area contributed by atoms with E-state index in [4.69, 9.17) is 10.5 Å². The smallest absolute Gasteiger partial charge is 0.328 e. The molecule has 2 heterocycles. The molecule has 4 aromatic rings. The Morgan fingerprint density at radius 2 is 1.73 bits per heavy atom. The average Bonchev–Trinajstić information content (AvgIpc) is 2.94. The molecule has 0 aliphatic heterocycles. The molecule has 0 aliphatic carbocycles. The Labute approximate surface area is 149 Å². The first-order valence-corrected chi connectivity index (χ1v) is 8.14. The highest BCUT2D eigenvalue weighted by molar-refractivity contribution is 5.81. The van der Waals surface area contributed by atoms with Crippen LogP contribution in [0, 0.1) is 6.92 Å². The number of nitrogens with one attached hydrogen (secondary N) is 1. The molecule has 0 radical (unpaired) electrons. The topological polar surface area (TPSA) is 98.8 Å². The average molecular weight is 347 g/mol. The summed E-state index contributed by atoms with van der Waals surface area (Å²) in [7, 11) is 0. The van der Waals surface area contributed by atoms with Crippen LogP contribution >= 0.6 is 0 Å². The van der Waals surface area contributed by atoms with E-state index in [1.165, 1.54) is 0 Å². The van der Waals surface area contributed by atoms with Crippen LogP contribution in [0.4, 0.5) is 5.82 Å². The van der Waals surface area contributed by atoms with Crippen molar-refractivity contribution < 1.29 is 4.74 Å². The molecule has 0 saturated carbocycles. The van der Waals surface area contributed by atoms with Crippen LogP contribution in [0.15, 0.2) is 59.4 Å². The summed E-state index contributed by atoms with van der Waals surface area (Å²) in [6.45, 7) is 2.12. The number of nitrogens with two attached hydrogens (primary N) is 1. The third kappa shape index (κ3) is 3.02. The molecule has 26 heavy (non-hydrogen) atoms. The van der Waals surface area contributed by atoms with Gasteiger partial charge < -0.3 is 15.5 Å². The molecule has 0 bridgehead atoms. The maximum atomic E-state index is 12.3. The number of hydrogen-bond acceptors (Lipinski definition) is 5. The molecule has 7 nitrogen and oxygen atoms in total. The van der Waals surface area contributed by atoms with E-state index in [0.717, 1.165) is 17.1 Å². The number of aromatic amines is 1. The number of benzene rings is 2. The number of aryl methyl sites for hydroxylation is 1. The minimum atomic E-state index is -0.267. The zero-order chi connectivity index (χ0) is 18.1. The molecule has 0 atom stereocenters. The van der Waals surface area contributed by atoms with Crippen LogP contribution in [0.1, 0.15) is 11.4 Å². The Balaban J connectivity index is 1.61. The van der Waals surface area contributed by atoms with Crippen LogP contribution in [0.3, 0.4) is 0 Å². The number of fused-ring (bicyclic) bond motifs is 1. The first-order valence-electron chi connectivity index (χ1n) is 8.14. The van der Waals surface area contributed by atoms with Crippen molar-refractivity contribution in [2.24, 2.45) is 0 Å². The van der Waals surface area contributed by atoms with Gasteiger partial charge in [-0.15, -0.1) is 0 Å². The van der Waals surface area contributed by atoms with Crippen LogP contribution in [0.5, 0.6) is 11.5 Å². The lowest BCUT2D eigenvalue weighted by Crippen LogP contribution is -2.17. The summed E-state index contributed by atoms with van der Waals surface area (Å²) >= 11 is 0. The lowest BCUT2D eigenvalue weighted by Gasteiger charge is -2.07. The van der Waals surface area contributed by atoms with Gasteiger partial charge in [-0.05, 0) is 36.8 Å². The fourth-order valence-corrected chi connectivity index (χ4v) is 2.78. The van der Waals surface area contributed by atoms with Gasteiger partial charge in [-0.3, -0.25) is 4.57 Å². The monoisotopic (exact) mass is 347 g/mol. The minimum Gasteiger partial charge on any atom is -0.457 e. The lowest BCUT2D eigenvalue weighted by molar-refractivity contribution is 0.482. The summed E-state index contributed by atoms with van der Waals surface area (Å²) < 4.78 is 7.33. The molecule has 0 spiro atoms. The Hall–Kier alpha value is -3.61. The maximum Gasteiger partial charge on any atom is 0.328 e. The van der Waals surface area contributed by atoms with Crippen LogP contribution in [0.2, 0.25) is 0 Å². The van der Waals surface area contributed by atoms with Gasteiger partial charge in [-0.2, -0.15) is 0 Å². The molecule has 0 fully saturated rings. The molecule has 0 saturated heterocycles. The van der Waals surface area contributed by atoms with Crippen molar-refractivity contribution in [1.82, 2.24) is 19.5 Å². The van der Waals surface area contributed by atoms with Crippen molar-refractivity contribution in [2.45, 2.75) is 13.5 Å². The first kappa shape index (κ1) is 15.9. The molecular formula is C19H17N5O2. The fourth-order valence-electron chi connectivity index (χ4n) is 2.78. The van der Waals surface area contributed by atoms with E-state index in [0.29, 0.717) is 23.5 Å². The van der Waals surface area contributed by atoms with Gasteiger partial charge in [0, 0.05) is 0 Å². The summed E-state index contributed by atoms with van der Waals surface area (Å²) in [4.78, 5) is 23.4. The number of rotatable bonds is 4. The second-order valence-corrected chi connectivity index (χ2v) is 5.93. The first-order chi connectivity index (χ1) is 12.6. The SMILES string of the molecule is Cc1nc(N)c2[nH]c(=O)n(Cc3ccc(Oc4ccccc4)cc3)c2n1. The summed E-state index contributed by atoms with van der Waals surface area (Å²) in [5.41, 5.74) is 7.52. The highest BCUT2D eigenvalue weighted by Crippen LogP contribution is 2.22. The number of nitrogen functional groups attached to an aromatic ring is 1. The molecule has 0 amide bonds. The number of ether oxygens (including phenoxy) is 1. The Morgan fingerprint density at radius 1 is 1.04 bits per heavy atom. The van der Waals surface area contributed by atoms with Gasteiger partial charge in [-0.1, -0.05) is 30.3 Å². The Morgan fingerprint density at radius 3 is 2.46 bits per heavy atom. The van der Waals surface area contributed by atoms with Crippen LogP contribution in [-0.2, 0) is 6.54 Å². The van der Waals surface area contributed by atoms with Crippen LogP contribution in [0.25, 0.3) is 11.2 Å². The highest BCUT2D eigenvalue weighted by atomic mass is 16.5. The summed E-state index contributed by atoms with van der Waals surface area (Å²) in [5.74, 6) is 2.30. The molecule has 2 aromatic heterocycles. The summed E-state index contributed by atoms with van der Waals surface area (Å²) in [5, 5.41) is 0. The van der Waals surface area contributed by atoms with Crippen LogP contribution in [-0.4, -0.2) is 19.5 Å². The molecule has 0 unspecified atom stereocenters. The van der Waals surface area contributed by atoms with E-state index >= 15 is 0 Å². The number of aromatic nitrogens is 4. The van der Waals surface area contributed by atoms with Crippen molar-refractivity contribution >= 4 is 17.0 Å². The molecule has 7 heteroatoms. The van der Waals surface area contributed by atoms with E-state index < -0.39 is 0 Å². The van der Waals surface area contributed by atoms with Crippen molar-refractivity contribution in [2.75, 3.05) is 5.73 Å². The van der Waals surface area contributed by atoms with E-state index in [-0.39, 0.29) is 11.5 Å². The van der Waals surface area contributed by atoms with Crippen molar-refractivity contribution in [3.8, 4) is 11.5 Å². The van der Waals surface area contributed by atoms with E-state index in [1.54, 1.807) is 11.5 Å².